The number of morpholine rings is 1. The molecule has 0 aliphatic carbocycles. The summed E-state index contributed by atoms with van der Waals surface area (Å²) in [5.74, 6) is -0.125. The number of benzene rings is 1. The molecule has 1 aromatic heterocycles. The highest BCUT2D eigenvalue weighted by Crippen LogP contribution is 2.47. The number of aromatic nitrogens is 1. The lowest BCUT2D eigenvalue weighted by Crippen LogP contribution is -2.56. The molecule has 3 aliphatic rings. The normalized spacial score (nSPS) is 30.3. The molecule has 1 aromatic carbocycles. The van der Waals surface area contributed by atoms with Crippen LogP contribution in [0, 0.1) is 0 Å². The van der Waals surface area contributed by atoms with Gasteiger partial charge in [0.25, 0.3) is 5.91 Å². The molecular weight excluding hydrogens is 414 g/mol. The van der Waals surface area contributed by atoms with Crippen LogP contribution in [0.15, 0.2) is 48.8 Å². The summed E-state index contributed by atoms with van der Waals surface area (Å²) in [5.41, 5.74) is 0.538. The molecule has 4 heterocycles. The molecule has 0 N–H and O–H groups in total. The molecule has 5 rings (SSSR count). The molecule has 0 radical (unpaired) electrons. The van der Waals surface area contributed by atoms with Gasteiger partial charge in [-0.3, -0.25) is 9.78 Å². The fourth-order valence-corrected chi connectivity index (χ4v) is 7.13. The Labute approximate surface area is 174 Å². The predicted molar refractivity (Wildman–Crippen MR) is 107 cm³/mol. The van der Waals surface area contributed by atoms with Crippen molar-refractivity contribution >= 4 is 27.5 Å². The van der Waals surface area contributed by atoms with Crippen LogP contribution in [0.25, 0.3) is 0 Å². The van der Waals surface area contributed by atoms with Crippen molar-refractivity contribution in [2.45, 2.75) is 29.9 Å². The Morgan fingerprint density at radius 3 is 2.62 bits per heavy atom. The molecule has 1 spiro atoms. The minimum atomic E-state index is -3.51. The van der Waals surface area contributed by atoms with Crippen LogP contribution in [0.2, 0.25) is 5.02 Å². The fourth-order valence-electron chi connectivity index (χ4n) is 4.71. The van der Waals surface area contributed by atoms with E-state index in [1.807, 2.05) is 12.1 Å². The van der Waals surface area contributed by atoms with Crippen LogP contribution in [-0.4, -0.2) is 65.1 Å². The Bertz CT molecular complexity index is 1050. The number of pyridine rings is 1. The van der Waals surface area contributed by atoms with E-state index in [1.54, 1.807) is 41.6 Å². The SMILES string of the molecule is O=C(c1ccc(Cl)cc1)N1C[C@@H]2C[C@@H]3[C@@](C1)(CN(Cc1ccncc1)S3(=O)=O)O2. The molecule has 3 fully saturated rings. The molecule has 152 valence electrons. The number of ether oxygens (including phenoxy) is 1. The van der Waals surface area contributed by atoms with E-state index in [2.05, 4.69) is 4.98 Å². The van der Waals surface area contributed by atoms with Crippen LogP contribution < -0.4 is 0 Å². The van der Waals surface area contributed by atoms with E-state index in [0.29, 0.717) is 23.6 Å². The van der Waals surface area contributed by atoms with Crippen LogP contribution in [0.3, 0.4) is 0 Å². The molecule has 2 bridgehead atoms. The molecular formula is C20H20ClN3O4S. The van der Waals surface area contributed by atoms with Gasteiger partial charge in [0, 0.05) is 42.6 Å². The first-order valence-electron chi connectivity index (χ1n) is 9.48. The Hall–Kier alpha value is -2.00. The van der Waals surface area contributed by atoms with Crippen molar-refractivity contribution < 1.29 is 17.9 Å². The zero-order chi connectivity index (χ0) is 20.2. The van der Waals surface area contributed by atoms with Crippen molar-refractivity contribution in [3.05, 3.63) is 64.9 Å². The van der Waals surface area contributed by atoms with Crippen LogP contribution in [-0.2, 0) is 21.3 Å². The topological polar surface area (TPSA) is 79.8 Å². The maximum Gasteiger partial charge on any atom is 0.254 e. The van der Waals surface area contributed by atoms with Crippen LogP contribution in [0.5, 0.6) is 0 Å². The van der Waals surface area contributed by atoms with E-state index < -0.39 is 20.9 Å². The van der Waals surface area contributed by atoms with Gasteiger partial charge in [-0.2, -0.15) is 4.31 Å². The van der Waals surface area contributed by atoms with E-state index in [1.165, 1.54) is 4.31 Å². The van der Waals surface area contributed by atoms with Crippen LogP contribution in [0.4, 0.5) is 0 Å². The van der Waals surface area contributed by atoms with Crippen molar-refractivity contribution in [2.75, 3.05) is 19.6 Å². The third-order valence-electron chi connectivity index (χ3n) is 6.00. The van der Waals surface area contributed by atoms with E-state index in [4.69, 9.17) is 16.3 Å². The number of rotatable bonds is 3. The monoisotopic (exact) mass is 433 g/mol. The summed E-state index contributed by atoms with van der Waals surface area (Å²) in [6.45, 7) is 1.20. The van der Waals surface area contributed by atoms with E-state index in [9.17, 15) is 13.2 Å². The van der Waals surface area contributed by atoms with Crippen LogP contribution >= 0.6 is 11.6 Å². The largest absolute Gasteiger partial charge is 0.365 e. The molecule has 0 saturated carbocycles. The maximum absolute atomic E-state index is 13.2. The van der Waals surface area contributed by atoms with Crippen molar-refractivity contribution in [1.82, 2.24) is 14.2 Å². The number of carbonyl (C=O) groups is 1. The number of amides is 1. The molecule has 3 saturated heterocycles. The first kappa shape index (κ1) is 19.0. The van der Waals surface area contributed by atoms with Gasteiger partial charge < -0.3 is 9.64 Å². The summed E-state index contributed by atoms with van der Waals surface area (Å²) in [6, 6.07) is 10.4. The number of sulfonamides is 1. The summed E-state index contributed by atoms with van der Waals surface area (Å²) >= 11 is 5.92. The van der Waals surface area contributed by atoms with Crippen molar-refractivity contribution in [3.63, 3.8) is 0 Å². The number of halogens is 1. The third kappa shape index (κ3) is 3.15. The lowest BCUT2D eigenvalue weighted by Gasteiger charge is -2.39. The highest BCUT2D eigenvalue weighted by Gasteiger charge is 2.65. The summed E-state index contributed by atoms with van der Waals surface area (Å²) in [5, 5.41) is -0.0549. The Kier molecular flexibility index (Phi) is 4.43. The molecule has 9 heteroatoms. The van der Waals surface area contributed by atoms with Gasteiger partial charge in [-0.1, -0.05) is 11.6 Å². The highest BCUT2D eigenvalue weighted by molar-refractivity contribution is 7.90. The average Bonchev–Trinajstić information content (AvgIpc) is 3.08. The first-order valence-corrected chi connectivity index (χ1v) is 11.4. The van der Waals surface area contributed by atoms with E-state index in [-0.39, 0.29) is 31.6 Å². The zero-order valence-corrected chi connectivity index (χ0v) is 17.1. The minimum Gasteiger partial charge on any atom is -0.365 e. The number of nitrogens with zero attached hydrogens (tertiary/aromatic N) is 3. The molecule has 3 atom stereocenters. The van der Waals surface area contributed by atoms with Gasteiger partial charge in [0.1, 0.15) is 10.9 Å². The van der Waals surface area contributed by atoms with Gasteiger partial charge in [-0.25, -0.2) is 8.42 Å². The minimum absolute atomic E-state index is 0.125. The summed E-state index contributed by atoms with van der Waals surface area (Å²) in [6.07, 6.45) is 3.45. The number of hydrogen-bond acceptors (Lipinski definition) is 5. The maximum atomic E-state index is 13.2. The number of hydrogen-bond donors (Lipinski definition) is 0. The molecule has 0 unspecified atom stereocenters. The van der Waals surface area contributed by atoms with Gasteiger partial charge in [-0.05, 0) is 48.4 Å². The lowest BCUT2D eigenvalue weighted by atomic mass is 9.99. The number of carbonyl (C=O) groups excluding carboxylic acids is 1. The Morgan fingerprint density at radius 1 is 1.17 bits per heavy atom. The van der Waals surface area contributed by atoms with Gasteiger partial charge in [-0.15, -0.1) is 0 Å². The van der Waals surface area contributed by atoms with E-state index in [0.717, 1.165) is 5.56 Å². The summed E-state index contributed by atoms with van der Waals surface area (Å²) < 4.78 is 34.1. The standard InChI is InChI=1S/C20H20ClN3O4S/c21-16-3-1-15(2-4-16)19(25)23-11-17-9-18-20(12-23,28-17)13-24(29(18,26)27)10-14-5-7-22-8-6-14/h1-8,17-18H,9-13H2/t17-,18+,20+/m0/s1. The van der Waals surface area contributed by atoms with Gasteiger partial charge in [0.05, 0.1) is 12.6 Å². The lowest BCUT2D eigenvalue weighted by molar-refractivity contribution is -0.0980. The quantitative estimate of drug-likeness (QED) is 0.739. The fraction of sp³-hybridized carbons (Fsp3) is 0.400. The molecule has 2 aromatic rings. The second-order valence-electron chi connectivity index (χ2n) is 7.89. The molecule has 1 amide bonds. The summed E-state index contributed by atoms with van der Waals surface area (Å²) in [4.78, 5) is 18.7. The molecule has 29 heavy (non-hydrogen) atoms. The second-order valence-corrected chi connectivity index (χ2v) is 10.4. The van der Waals surface area contributed by atoms with Crippen molar-refractivity contribution in [3.8, 4) is 0 Å². The van der Waals surface area contributed by atoms with Gasteiger partial charge >= 0.3 is 0 Å². The van der Waals surface area contributed by atoms with Gasteiger partial charge in [0.2, 0.25) is 10.0 Å². The van der Waals surface area contributed by atoms with Gasteiger partial charge in [0.15, 0.2) is 0 Å². The zero-order valence-electron chi connectivity index (χ0n) is 15.6. The Balaban J connectivity index is 1.41. The Morgan fingerprint density at radius 2 is 1.90 bits per heavy atom. The van der Waals surface area contributed by atoms with Crippen LogP contribution in [0.1, 0.15) is 22.3 Å². The molecule has 3 aliphatic heterocycles. The summed E-state index contributed by atoms with van der Waals surface area (Å²) in [7, 11) is -3.51. The number of likely N-dealkylation sites (tertiary alicyclic amines) is 1. The third-order valence-corrected chi connectivity index (χ3v) is 8.57. The highest BCUT2D eigenvalue weighted by atomic mass is 35.5. The van der Waals surface area contributed by atoms with Crippen molar-refractivity contribution in [1.29, 1.82) is 0 Å². The first-order chi connectivity index (χ1) is 13.9. The van der Waals surface area contributed by atoms with Crippen molar-refractivity contribution in [2.24, 2.45) is 0 Å². The smallest absolute Gasteiger partial charge is 0.254 e. The average molecular weight is 434 g/mol. The predicted octanol–water partition coefficient (Wildman–Crippen LogP) is 1.93. The van der Waals surface area contributed by atoms with E-state index >= 15 is 0 Å². The second kappa shape index (κ2) is 6.77. The number of fused-ring (bicyclic) bond motifs is 1. The molecule has 7 nitrogen and oxygen atoms in total.